The number of rotatable bonds is 3. The minimum Gasteiger partial charge on any atom is -0.338 e. The van der Waals surface area contributed by atoms with Crippen LogP contribution in [-0.2, 0) is 11.3 Å². The van der Waals surface area contributed by atoms with Crippen molar-refractivity contribution in [1.29, 1.82) is 0 Å². The van der Waals surface area contributed by atoms with Gasteiger partial charge in [0.2, 0.25) is 5.91 Å². The summed E-state index contributed by atoms with van der Waals surface area (Å²) >= 11 is 12.2. The fraction of sp³-hybridized carbons (Fsp3) is 0.269. The van der Waals surface area contributed by atoms with E-state index in [4.69, 9.17) is 23.2 Å². The van der Waals surface area contributed by atoms with Crippen molar-refractivity contribution in [2.24, 2.45) is 11.8 Å². The summed E-state index contributed by atoms with van der Waals surface area (Å²) in [4.78, 5) is 15.1. The first-order chi connectivity index (χ1) is 15.7. The summed E-state index contributed by atoms with van der Waals surface area (Å²) in [5.41, 5.74) is 2.38. The maximum atomic E-state index is 14.5. The highest BCUT2D eigenvalue weighted by atomic mass is 35.5. The number of hydrogen-bond donors (Lipinski definition) is 0. The summed E-state index contributed by atoms with van der Waals surface area (Å²) in [6.45, 7) is 0.530. The number of likely N-dealkylation sites (tertiary alicyclic amines) is 1. The molecular formula is C26H20Cl2F3NO. The molecule has 2 aliphatic rings. The van der Waals surface area contributed by atoms with Crippen LogP contribution in [0.25, 0.3) is 0 Å². The number of fused-ring (bicyclic) bond motifs is 2. The van der Waals surface area contributed by atoms with Gasteiger partial charge in [-0.15, -0.1) is 0 Å². The molecule has 33 heavy (non-hydrogen) atoms. The highest BCUT2D eigenvalue weighted by Crippen LogP contribution is 2.57. The standard InChI is InChI=1S/C26H20Cl2F3NO/c27-17-8-6-16(7-9-17)22-19-11-10-18(28)12-20(19)24(26(29,30)31)23-21(22)14-32(25(23)33)13-15-4-2-1-3-5-15/h1-12,21-24H,13-14H2/t21-,22-,23+,24+/m0/s1. The van der Waals surface area contributed by atoms with Crippen LogP contribution in [0.5, 0.6) is 0 Å². The number of amides is 1. The Balaban J connectivity index is 1.65. The molecule has 1 fully saturated rings. The molecule has 1 aliphatic heterocycles. The summed E-state index contributed by atoms with van der Waals surface area (Å²) in [6, 6.07) is 21.1. The third-order valence-corrected chi connectivity index (χ3v) is 7.28. The number of carbonyl (C=O) groups is 1. The Morgan fingerprint density at radius 2 is 1.55 bits per heavy atom. The molecule has 1 saturated heterocycles. The molecule has 7 heteroatoms. The van der Waals surface area contributed by atoms with E-state index in [2.05, 4.69) is 0 Å². The van der Waals surface area contributed by atoms with E-state index < -0.39 is 29.8 Å². The zero-order valence-electron chi connectivity index (χ0n) is 17.4. The van der Waals surface area contributed by atoms with Gasteiger partial charge < -0.3 is 4.90 Å². The molecule has 4 atom stereocenters. The number of halogens is 5. The predicted octanol–water partition coefficient (Wildman–Crippen LogP) is 7.06. The second-order valence-corrected chi connectivity index (χ2v) is 9.59. The highest BCUT2D eigenvalue weighted by molar-refractivity contribution is 6.31. The lowest BCUT2D eigenvalue weighted by Crippen LogP contribution is -2.41. The summed E-state index contributed by atoms with van der Waals surface area (Å²) < 4.78 is 43.4. The predicted molar refractivity (Wildman–Crippen MR) is 122 cm³/mol. The third kappa shape index (κ3) is 4.02. The Labute approximate surface area is 199 Å². The van der Waals surface area contributed by atoms with Crippen LogP contribution in [0, 0.1) is 11.8 Å². The van der Waals surface area contributed by atoms with Crippen molar-refractivity contribution in [2.45, 2.75) is 24.6 Å². The van der Waals surface area contributed by atoms with Crippen LogP contribution in [0.4, 0.5) is 13.2 Å². The van der Waals surface area contributed by atoms with Crippen molar-refractivity contribution < 1.29 is 18.0 Å². The molecule has 3 aromatic carbocycles. The molecule has 2 nitrogen and oxygen atoms in total. The van der Waals surface area contributed by atoms with Crippen LogP contribution in [0.1, 0.15) is 34.1 Å². The molecule has 0 bridgehead atoms. The fourth-order valence-corrected chi connectivity index (χ4v) is 5.81. The monoisotopic (exact) mass is 489 g/mol. The lowest BCUT2D eigenvalue weighted by molar-refractivity contribution is -0.173. The van der Waals surface area contributed by atoms with Crippen LogP contribution >= 0.6 is 23.2 Å². The SMILES string of the molecule is O=C1[C@@H]2[C@@H](CN1Cc1ccccc1)[C@@H](c1ccc(Cl)cc1)c1ccc(Cl)cc1[C@H]2C(F)(F)F. The lowest BCUT2D eigenvalue weighted by Gasteiger charge is -2.40. The van der Waals surface area contributed by atoms with Crippen molar-refractivity contribution in [3.63, 3.8) is 0 Å². The van der Waals surface area contributed by atoms with E-state index in [0.29, 0.717) is 10.6 Å². The Morgan fingerprint density at radius 1 is 0.879 bits per heavy atom. The van der Waals surface area contributed by atoms with Gasteiger partial charge in [-0.3, -0.25) is 4.79 Å². The van der Waals surface area contributed by atoms with Crippen molar-refractivity contribution in [3.05, 3.63) is 105 Å². The van der Waals surface area contributed by atoms with Crippen LogP contribution in [0.15, 0.2) is 72.8 Å². The quantitative estimate of drug-likeness (QED) is 0.385. The molecule has 0 spiro atoms. The van der Waals surface area contributed by atoms with E-state index in [-0.39, 0.29) is 29.6 Å². The first-order valence-corrected chi connectivity index (χ1v) is 11.4. The Hall–Kier alpha value is -2.50. The summed E-state index contributed by atoms with van der Waals surface area (Å²) in [7, 11) is 0. The van der Waals surface area contributed by atoms with Crippen LogP contribution in [-0.4, -0.2) is 23.5 Å². The molecule has 1 amide bonds. The normalized spacial score (nSPS) is 24.5. The van der Waals surface area contributed by atoms with Crippen LogP contribution < -0.4 is 0 Å². The van der Waals surface area contributed by atoms with Crippen molar-refractivity contribution in [1.82, 2.24) is 4.90 Å². The number of alkyl halides is 3. The third-order valence-electron chi connectivity index (χ3n) is 6.79. The number of nitrogens with zero attached hydrogens (tertiary/aromatic N) is 1. The first-order valence-electron chi connectivity index (χ1n) is 10.7. The Kier molecular flexibility index (Phi) is 5.66. The van der Waals surface area contributed by atoms with Crippen LogP contribution in [0.2, 0.25) is 10.0 Å². The van der Waals surface area contributed by atoms with E-state index in [9.17, 15) is 18.0 Å². The molecule has 5 rings (SSSR count). The van der Waals surface area contributed by atoms with Gasteiger partial charge in [0.1, 0.15) is 0 Å². The second-order valence-electron chi connectivity index (χ2n) is 8.72. The van der Waals surface area contributed by atoms with E-state index in [1.54, 1.807) is 29.2 Å². The Morgan fingerprint density at radius 3 is 2.21 bits per heavy atom. The van der Waals surface area contributed by atoms with Gasteiger partial charge in [0.05, 0.1) is 11.8 Å². The second kappa shape index (κ2) is 8.37. The molecule has 0 N–H and O–H groups in total. The highest BCUT2D eigenvalue weighted by Gasteiger charge is 2.60. The minimum atomic E-state index is -4.58. The topological polar surface area (TPSA) is 20.3 Å². The molecule has 0 aromatic heterocycles. The largest absolute Gasteiger partial charge is 0.396 e. The maximum Gasteiger partial charge on any atom is 0.396 e. The fourth-order valence-electron chi connectivity index (χ4n) is 5.50. The first kappa shape index (κ1) is 22.3. The van der Waals surface area contributed by atoms with E-state index >= 15 is 0 Å². The van der Waals surface area contributed by atoms with Gasteiger partial charge in [-0.1, -0.05) is 71.7 Å². The molecular weight excluding hydrogens is 470 g/mol. The van der Waals surface area contributed by atoms with E-state index in [1.807, 2.05) is 42.5 Å². The smallest absolute Gasteiger partial charge is 0.338 e. The molecule has 3 aromatic rings. The van der Waals surface area contributed by atoms with Crippen molar-refractivity contribution in [3.8, 4) is 0 Å². The van der Waals surface area contributed by atoms with Gasteiger partial charge in [0.25, 0.3) is 0 Å². The van der Waals surface area contributed by atoms with E-state index in [1.165, 1.54) is 6.07 Å². The van der Waals surface area contributed by atoms with Crippen LogP contribution in [0.3, 0.4) is 0 Å². The van der Waals surface area contributed by atoms with Crippen molar-refractivity contribution >= 4 is 29.1 Å². The molecule has 0 radical (unpaired) electrons. The average Bonchev–Trinajstić information content (AvgIpc) is 3.08. The Bertz CT molecular complexity index is 1180. The summed E-state index contributed by atoms with van der Waals surface area (Å²) in [6.07, 6.45) is -4.58. The molecule has 0 unspecified atom stereocenters. The summed E-state index contributed by atoms with van der Waals surface area (Å²) in [5, 5.41) is 0.770. The summed E-state index contributed by atoms with van der Waals surface area (Å²) in [5.74, 6) is -4.46. The molecule has 1 heterocycles. The number of hydrogen-bond acceptors (Lipinski definition) is 1. The zero-order chi connectivity index (χ0) is 23.3. The molecule has 1 aliphatic carbocycles. The lowest BCUT2D eigenvalue weighted by atomic mass is 9.63. The van der Waals surface area contributed by atoms with Gasteiger partial charge >= 0.3 is 6.18 Å². The van der Waals surface area contributed by atoms with Gasteiger partial charge in [-0.05, 0) is 52.4 Å². The van der Waals surface area contributed by atoms with Gasteiger partial charge in [0, 0.05) is 29.1 Å². The zero-order valence-corrected chi connectivity index (χ0v) is 18.9. The minimum absolute atomic E-state index is 0.0890. The van der Waals surface area contributed by atoms with Crippen molar-refractivity contribution in [2.75, 3.05) is 6.54 Å². The van der Waals surface area contributed by atoms with Gasteiger partial charge in [0.15, 0.2) is 0 Å². The number of benzene rings is 3. The molecule has 170 valence electrons. The number of carbonyl (C=O) groups excluding carboxylic acids is 1. The molecule has 0 saturated carbocycles. The van der Waals surface area contributed by atoms with Gasteiger partial charge in [-0.2, -0.15) is 13.2 Å². The maximum absolute atomic E-state index is 14.5. The van der Waals surface area contributed by atoms with E-state index in [0.717, 1.165) is 11.1 Å². The average molecular weight is 490 g/mol. The van der Waals surface area contributed by atoms with Gasteiger partial charge in [-0.25, -0.2) is 0 Å².